The van der Waals surface area contributed by atoms with Crippen LogP contribution in [0.25, 0.3) is 0 Å². The molecule has 0 saturated heterocycles. The Bertz CT molecular complexity index is 422. The fourth-order valence-electron chi connectivity index (χ4n) is 4.07. The normalized spacial score (nSPS) is 25.6. The molecular weight excluding hydrogens is 350 g/mol. The van der Waals surface area contributed by atoms with E-state index in [9.17, 15) is 5.11 Å². The fraction of sp³-hybridized carbons (Fsp3) is 0.833. The molecule has 0 aromatic carbocycles. The van der Waals surface area contributed by atoms with Crippen LogP contribution < -0.4 is 5.32 Å². The van der Waals surface area contributed by atoms with Gasteiger partial charge in [0, 0.05) is 32.1 Å². The predicted molar refractivity (Wildman–Crippen MR) is 118 cm³/mol. The number of allylic oxidation sites excluding steroid dienone is 3. The number of aliphatic hydroxyl groups is 2. The summed E-state index contributed by atoms with van der Waals surface area (Å²) in [6.07, 6.45) is 19.6. The third-order valence-corrected chi connectivity index (χ3v) is 5.76. The Morgan fingerprint density at radius 2 is 1.71 bits per heavy atom. The minimum absolute atomic E-state index is 0.126. The SMILES string of the molecule is CO[C@@H]1C[C@H](O)C(CC=CCCCCNC(C)C)[C@H]1C=CCCCCCCO. The zero-order chi connectivity index (χ0) is 20.6. The number of rotatable bonds is 16. The van der Waals surface area contributed by atoms with Gasteiger partial charge in [0.25, 0.3) is 0 Å². The highest BCUT2D eigenvalue weighted by Crippen LogP contribution is 2.38. The van der Waals surface area contributed by atoms with Crippen LogP contribution in [0.3, 0.4) is 0 Å². The van der Waals surface area contributed by atoms with Gasteiger partial charge in [0.05, 0.1) is 12.2 Å². The average molecular weight is 396 g/mol. The first-order valence-corrected chi connectivity index (χ1v) is 11.5. The summed E-state index contributed by atoms with van der Waals surface area (Å²) >= 11 is 0. The molecule has 0 spiro atoms. The first-order valence-electron chi connectivity index (χ1n) is 11.5. The molecule has 0 aromatic heterocycles. The van der Waals surface area contributed by atoms with Crippen molar-refractivity contribution in [2.24, 2.45) is 11.8 Å². The Labute approximate surface area is 173 Å². The average Bonchev–Trinajstić information content (AvgIpc) is 2.97. The van der Waals surface area contributed by atoms with E-state index < -0.39 is 0 Å². The van der Waals surface area contributed by atoms with E-state index in [0.29, 0.717) is 18.6 Å². The second-order valence-electron chi connectivity index (χ2n) is 8.48. The number of methoxy groups -OCH3 is 1. The minimum atomic E-state index is -0.274. The van der Waals surface area contributed by atoms with Gasteiger partial charge >= 0.3 is 0 Å². The van der Waals surface area contributed by atoms with Crippen molar-refractivity contribution in [2.45, 2.75) is 96.3 Å². The molecule has 0 bridgehead atoms. The van der Waals surface area contributed by atoms with E-state index in [1.165, 1.54) is 25.7 Å². The number of nitrogens with one attached hydrogen (secondary N) is 1. The number of ether oxygens (including phenoxy) is 1. The molecule has 0 aliphatic heterocycles. The van der Waals surface area contributed by atoms with E-state index in [2.05, 4.69) is 43.5 Å². The lowest BCUT2D eigenvalue weighted by Crippen LogP contribution is -2.23. The zero-order valence-corrected chi connectivity index (χ0v) is 18.5. The standard InChI is InChI=1S/C24H45NO3/c1-20(2)25-17-13-9-6-8-11-15-21-22(24(28-3)19-23(21)27)16-12-7-4-5-10-14-18-26/h8,11-12,16,20-27H,4-7,9-10,13-15,17-19H2,1-3H3/t21?,22-,23+,24-/m1/s1. The monoisotopic (exact) mass is 395 g/mol. The van der Waals surface area contributed by atoms with Crippen molar-refractivity contribution in [1.82, 2.24) is 5.32 Å². The molecule has 1 saturated carbocycles. The zero-order valence-electron chi connectivity index (χ0n) is 18.5. The van der Waals surface area contributed by atoms with Crippen molar-refractivity contribution in [3.8, 4) is 0 Å². The van der Waals surface area contributed by atoms with E-state index in [4.69, 9.17) is 9.84 Å². The Hall–Kier alpha value is -0.680. The van der Waals surface area contributed by atoms with Crippen LogP contribution in [0.5, 0.6) is 0 Å². The molecule has 4 atom stereocenters. The van der Waals surface area contributed by atoms with E-state index >= 15 is 0 Å². The van der Waals surface area contributed by atoms with E-state index in [0.717, 1.165) is 45.1 Å². The molecule has 4 heteroatoms. The number of hydrogen-bond acceptors (Lipinski definition) is 4. The number of hydrogen-bond donors (Lipinski definition) is 3. The summed E-state index contributed by atoms with van der Waals surface area (Å²) in [6.45, 7) is 5.76. The summed E-state index contributed by atoms with van der Waals surface area (Å²) in [5.41, 5.74) is 0. The quantitative estimate of drug-likeness (QED) is 0.264. The molecule has 0 radical (unpaired) electrons. The van der Waals surface area contributed by atoms with Gasteiger partial charge in [-0.1, -0.05) is 51.0 Å². The van der Waals surface area contributed by atoms with Crippen molar-refractivity contribution >= 4 is 0 Å². The summed E-state index contributed by atoms with van der Waals surface area (Å²) in [5.74, 6) is 0.562. The maximum absolute atomic E-state index is 10.5. The summed E-state index contributed by atoms with van der Waals surface area (Å²) < 4.78 is 5.66. The summed E-state index contributed by atoms with van der Waals surface area (Å²) in [4.78, 5) is 0. The molecule has 1 rings (SSSR count). The third-order valence-electron chi connectivity index (χ3n) is 5.76. The van der Waals surface area contributed by atoms with Crippen molar-refractivity contribution in [1.29, 1.82) is 0 Å². The maximum atomic E-state index is 10.5. The molecule has 1 fully saturated rings. The first-order chi connectivity index (χ1) is 13.6. The molecule has 0 amide bonds. The van der Waals surface area contributed by atoms with Gasteiger partial charge in [-0.2, -0.15) is 0 Å². The topological polar surface area (TPSA) is 61.7 Å². The lowest BCUT2D eigenvalue weighted by atomic mass is 9.89. The highest BCUT2D eigenvalue weighted by Gasteiger charge is 2.40. The Morgan fingerprint density at radius 3 is 2.43 bits per heavy atom. The maximum Gasteiger partial charge on any atom is 0.0662 e. The van der Waals surface area contributed by atoms with Crippen LogP contribution in [0.2, 0.25) is 0 Å². The molecule has 1 aliphatic carbocycles. The summed E-state index contributed by atoms with van der Waals surface area (Å²) in [5, 5.41) is 22.8. The lowest BCUT2D eigenvalue weighted by molar-refractivity contribution is 0.0749. The van der Waals surface area contributed by atoms with E-state index in [-0.39, 0.29) is 18.1 Å². The molecular formula is C24H45NO3. The van der Waals surface area contributed by atoms with Crippen LogP contribution in [0.15, 0.2) is 24.3 Å². The van der Waals surface area contributed by atoms with Crippen LogP contribution >= 0.6 is 0 Å². The van der Waals surface area contributed by atoms with Crippen molar-refractivity contribution < 1.29 is 14.9 Å². The molecule has 0 aromatic rings. The van der Waals surface area contributed by atoms with Gasteiger partial charge in [-0.25, -0.2) is 0 Å². The van der Waals surface area contributed by atoms with Crippen LogP contribution in [-0.2, 0) is 4.74 Å². The predicted octanol–water partition coefficient (Wildman–Crippen LogP) is 4.61. The van der Waals surface area contributed by atoms with Gasteiger partial charge in [-0.3, -0.25) is 0 Å². The second kappa shape index (κ2) is 16.2. The van der Waals surface area contributed by atoms with Gasteiger partial charge in [-0.05, 0) is 57.4 Å². The van der Waals surface area contributed by atoms with Crippen molar-refractivity contribution in [2.75, 3.05) is 20.3 Å². The van der Waals surface area contributed by atoms with Gasteiger partial charge in [-0.15, -0.1) is 0 Å². The minimum Gasteiger partial charge on any atom is -0.396 e. The van der Waals surface area contributed by atoms with Crippen molar-refractivity contribution in [3.63, 3.8) is 0 Å². The first kappa shape index (κ1) is 25.4. The highest BCUT2D eigenvalue weighted by atomic mass is 16.5. The summed E-state index contributed by atoms with van der Waals surface area (Å²) in [6, 6.07) is 0.568. The second-order valence-corrected chi connectivity index (χ2v) is 8.48. The Balaban J connectivity index is 2.34. The van der Waals surface area contributed by atoms with Crippen LogP contribution in [-0.4, -0.2) is 48.7 Å². The highest BCUT2D eigenvalue weighted by molar-refractivity contribution is 5.05. The van der Waals surface area contributed by atoms with Crippen LogP contribution in [0.1, 0.15) is 78.1 Å². The third kappa shape index (κ3) is 10.8. The smallest absolute Gasteiger partial charge is 0.0662 e. The molecule has 28 heavy (non-hydrogen) atoms. The largest absolute Gasteiger partial charge is 0.396 e. The molecule has 4 nitrogen and oxygen atoms in total. The van der Waals surface area contributed by atoms with E-state index in [1.54, 1.807) is 7.11 Å². The van der Waals surface area contributed by atoms with Crippen molar-refractivity contribution in [3.05, 3.63) is 24.3 Å². The Kier molecular flexibility index (Phi) is 14.6. The van der Waals surface area contributed by atoms with Crippen LogP contribution in [0.4, 0.5) is 0 Å². The number of unbranched alkanes of at least 4 members (excludes halogenated alkanes) is 6. The van der Waals surface area contributed by atoms with Gasteiger partial charge in [0.1, 0.15) is 0 Å². The fourth-order valence-corrected chi connectivity index (χ4v) is 4.07. The van der Waals surface area contributed by atoms with Gasteiger partial charge in [0.15, 0.2) is 0 Å². The molecule has 164 valence electrons. The number of aliphatic hydroxyl groups excluding tert-OH is 2. The molecule has 3 N–H and O–H groups in total. The van der Waals surface area contributed by atoms with Gasteiger partial charge < -0.3 is 20.3 Å². The molecule has 1 unspecified atom stereocenters. The lowest BCUT2D eigenvalue weighted by Gasteiger charge is -2.20. The summed E-state index contributed by atoms with van der Waals surface area (Å²) in [7, 11) is 1.76. The van der Waals surface area contributed by atoms with E-state index in [1.807, 2.05) is 0 Å². The molecule has 1 aliphatic rings. The Morgan fingerprint density at radius 1 is 1.00 bits per heavy atom. The van der Waals surface area contributed by atoms with Crippen LogP contribution in [0, 0.1) is 11.8 Å². The molecule has 0 heterocycles. The van der Waals surface area contributed by atoms with Gasteiger partial charge in [0.2, 0.25) is 0 Å².